The lowest BCUT2D eigenvalue weighted by Crippen LogP contribution is -2.24. The fourth-order valence-electron chi connectivity index (χ4n) is 1.89. The Morgan fingerprint density at radius 2 is 1.92 bits per heavy atom. The maximum Gasteiger partial charge on any atom is 0.288 e. The Kier molecular flexibility index (Phi) is 7.20. The Morgan fingerprint density at radius 3 is 2.54 bits per heavy atom. The summed E-state index contributed by atoms with van der Waals surface area (Å²) >= 11 is 1.82. The van der Waals surface area contributed by atoms with Gasteiger partial charge in [-0.15, -0.1) is 11.3 Å². The van der Waals surface area contributed by atoms with E-state index in [1.165, 1.54) is 23.5 Å². The molecule has 8 heteroatoms. The Bertz CT molecular complexity index is 661. The highest BCUT2D eigenvalue weighted by molar-refractivity contribution is 7.99. The summed E-state index contributed by atoms with van der Waals surface area (Å²) in [7, 11) is 0. The number of carbonyl (C=O) groups excluding carboxylic acids is 2. The lowest BCUT2D eigenvalue weighted by molar-refractivity contribution is -0.116. The van der Waals surface area contributed by atoms with E-state index < -0.39 is 5.76 Å². The Balaban J connectivity index is 1.67. The van der Waals surface area contributed by atoms with Crippen LogP contribution in [0.25, 0.3) is 0 Å². The van der Waals surface area contributed by atoms with Crippen molar-refractivity contribution in [3.63, 3.8) is 0 Å². The van der Waals surface area contributed by atoms with Crippen LogP contribution in [-0.4, -0.2) is 24.1 Å². The molecule has 1 heterocycles. The van der Waals surface area contributed by atoms with Crippen molar-refractivity contribution in [3.05, 3.63) is 46.7 Å². The molecule has 2 amide bonds. The van der Waals surface area contributed by atoms with Crippen LogP contribution in [0.5, 0.6) is 0 Å². The van der Waals surface area contributed by atoms with Gasteiger partial charge in [0.05, 0.1) is 4.88 Å². The topological polar surface area (TPSA) is 58.2 Å². The van der Waals surface area contributed by atoms with E-state index in [9.17, 15) is 18.4 Å². The lowest BCUT2D eigenvalue weighted by Gasteiger charge is -2.07. The highest BCUT2D eigenvalue weighted by Crippen LogP contribution is 2.26. The van der Waals surface area contributed by atoms with Crippen molar-refractivity contribution in [1.29, 1.82) is 0 Å². The van der Waals surface area contributed by atoms with E-state index in [1.807, 2.05) is 5.38 Å². The average Bonchev–Trinajstić information content (AvgIpc) is 3.07. The number of rotatable bonds is 8. The number of nitrogens with one attached hydrogen (secondary N) is 2. The number of hydrogen-bond acceptors (Lipinski definition) is 4. The number of hydrogen-bond donors (Lipinski definition) is 2. The zero-order chi connectivity index (χ0) is 17.4. The van der Waals surface area contributed by atoms with Gasteiger partial charge in [-0.25, -0.2) is 0 Å². The summed E-state index contributed by atoms with van der Waals surface area (Å²) in [4.78, 5) is 24.6. The van der Waals surface area contributed by atoms with Gasteiger partial charge in [0.1, 0.15) is 0 Å². The molecule has 128 valence electrons. The fourth-order valence-corrected chi connectivity index (χ4v) is 3.03. The molecule has 0 aliphatic heterocycles. The second-order valence-electron chi connectivity index (χ2n) is 4.79. The molecule has 0 bridgehead atoms. The molecule has 2 rings (SSSR count). The minimum Gasteiger partial charge on any atom is -0.351 e. The van der Waals surface area contributed by atoms with Crippen LogP contribution in [0.2, 0.25) is 0 Å². The van der Waals surface area contributed by atoms with Gasteiger partial charge in [-0.1, -0.05) is 17.8 Å². The van der Waals surface area contributed by atoms with E-state index >= 15 is 0 Å². The van der Waals surface area contributed by atoms with Gasteiger partial charge in [-0.05, 0) is 42.1 Å². The Morgan fingerprint density at radius 1 is 1.17 bits per heavy atom. The van der Waals surface area contributed by atoms with Crippen LogP contribution in [0.1, 0.15) is 22.5 Å². The third-order valence-corrected chi connectivity index (χ3v) is 4.57. The van der Waals surface area contributed by atoms with Crippen molar-refractivity contribution in [1.82, 2.24) is 5.32 Å². The van der Waals surface area contributed by atoms with Crippen molar-refractivity contribution < 1.29 is 18.4 Å². The van der Waals surface area contributed by atoms with E-state index in [0.717, 1.165) is 0 Å². The SMILES string of the molecule is O=C(CCCNC(=O)c1cccs1)Nc1ccc(SC(F)F)cc1. The first-order chi connectivity index (χ1) is 11.5. The summed E-state index contributed by atoms with van der Waals surface area (Å²) in [6, 6.07) is 9.78. The summed E-state index contributed by atoms with van der Waals surface area (Å²) in [5.74, 6) is -2.79. The molecule has 0 fully saturated rings. The van der Waals surface area contributed by atoms with Crippen LogP contribution >= 0.6 is 23.1 Å². The molecular formula is C16H16F2N2O2S2. The summed E-state index contributed by atoms with van der Waals surface area (Å²) < 4.78 is 24.4. The number of benzene rings is 1. The highest BCUT2D eigenvalue weighted by atomic mass is 32.2. The summed E-state index contributed by atoms with van der Waals surface area (Å²) in [5, 5.41) is 7.27. The molecule has 0 aliphatic carbocycles. The molecule has 0 spiro atoms. The van der Waals surface area contributed by atoms with Crippen molar-refractivity contribution in [2.45, 2.75) is 23.5 Å². The van der Waals surface area contributed by atoms with E-state index in [-0.39, 0.29) is 18.2 Å². The van der Waals surface area contributed by atoms with Crippen molar-refractivity contribution in [2.24, 2.45) is 0 Å². The molecule has 0 unspecified atom stereocenters. The number of thioether (sulfide) groups is 1. The van der Waals surface area contributed by atoms with Crippen molar-refractivity contribution in [3.8, 4) is 0 Å². The maximum absolute atomic E-state index is 12.2. The molecular weight excluding hydrogens is 354 g/mol. The van der Waals surface area contributed by atoms with Crippen LogP contribution in [0, 0.1) is 0 Å². The third kappa shape index (κ3) is 6.29. The number of carbonyl (C=O) groups is 2. The molecule has 0 saturated carbocycles. The quantitative estimate of drug-likeness (QED) is 0.541. The lowest BCUT2D eigenvalue weighted by atomic mass is 10.2. The molecule has 1 aromatic heterocycles. The van der Waals surface area contributed by atoms with E-state index in [2.05, 4.69) is 10.6 Å². The van der Waals surface area contributed by atoms with Crippen LogP contribution in [-0.2, 0) is 4.79 Å². The zero-order valence-electron chi connectivity index (χ0n) is 12.6. The van der Waals surface area contributed by atoms with Gasteiger partial charge in [0.15, 0.2) is 0 Å². The fraction of sp³-hybridized carbons (Fsp3) is 0.250. The van der Waals surface area contributed by atoms with Crippen LogP contribution in [0.15, 0.2) is 46.7 Å². The normalized spacial score (nSPS) is 10.6. The van der Waals surface area contributed by atoms with Crippen LogP contribution in [0.3, 0.4) is 0 Å². The molecule has 0 radical (unpaired) electrons. The van der Waals surface area contributed by atoms with Gasteiger partial charge >= 0.3 is 0 Å². The largest absolute Gasteiger partial charge is 0.351 e. The Hall–Kier alpha value is -1.93. The van der Waals surface area contributed by atoms with E-state index in [0.29, 0.717) is 40.2 Å². The standard InChI is InChI=1S/C16H16F2N2O2S2/c17-16(18)24-12-7-5-11(6-8-12)20-14(21)4-1-9-19-15(22)13-3-2-10-23-13/h2-3,5-8,10,16H,1,4,9H2,(H,19,22)(H,20,21). The zero-order valence-corrected chi connectivity index (χ0v) is 14.3. The molecule has 1 aromatic carbocycles. The van der Waals surface area contributed by atoms with Crippen LogP contribution in [0.4, 0.5) is 14.5 Å². The number of anilines is 1. The summed E-state index contributed by atoms with van der Waals surface area (Å²) in [6.45, 7) is 0.411. The maximum atomic E-state index is 12.2. The molecule has 0 saturated heterocycles. The smallest absolute Gasteiger partial charge is 0.288 e. The number of alkyl halides is 2. The molecule has 2 aromatic rings. The van der Waals surface area contributed by atoms with Gasteiger partial charge in [0, 0.05) is 23.5 Å². The number of halogens is 2. The monoisotopic (exact) mass is 370 g/mol. The van der Waals surface area contributed by atoms with Gasteiger partial charge < -0.3 is 10.6 Å². The van der Waals surface area contributed by atoms with Gasteiger partial charge in [-0.3, -0.25) is 9.59 Å². The molecule has 24 heavy (non-hydrogen) atoms. The first-order valence-corrected chi connectivity index (χ1v) is 8.97. The summed E-state index contributed by atoms with van der Waals surface area (Å²) in [5.41, 5.74) is 0.557. The molecule has 4 nitrogen and oxygen atoms in total. The number of amides is 2. The van der Waals surface area contributed by atoms with E-state index in [1.54, 1.807) is 24.3 Å². The second-order valence-corrected chi connectivity index (χ2v) is 6.80. The second kappa shape index (κ2) is 9.39. The highest BCUT2D eigenvalue weighted by Gasteiger charge is 2.08. The third-order valence-electron chi connectivity index (χ3n) is 2.97. The molecule has 0 aliphatic rings. The molecule has 0 atom stereocenters. The first kappa shape index (κ1) is 18.4. The minimum absolute atomic E-state index is 0.141. The Labute approximate surface area is 146 Å². The van der Waals surface area contributed by atoms with Gasteiger partial charge in [-0.2, -0.15) is 8.78 Å². The predicted molar refractivity (Wildman–Crippen MR) is 92.8 cm³/mol. The van der Waals surface area contributed by atoms with E-state index in [4.69, 9.17) is 0 Å². The molecule has 2 N–H and O–H groups in total. The van der Waals surface area contributed by atoms with Crippen molar-refractivity contribution in [2.75, 3.05) is 11.9 Å². The van der Waals surface area contributed by atoms with Gasteiger partial charge in [0.25, 0.3) is 11.7 Å². The minimum atomic E-state index is -2.46. The number of thiophene rings is 1. The van der Waals surface area contributed by atoms with Crippen LogP contribution < -0.4 is 10.6 Å². The predicted octanol–water partition coefficient (Wildman–Crippen LogP) is 4.21. The summed E-state index contributed by atoms with van der Waals surface area (Å²) in [6.07, 6.45) is 0.778. The van der Waals surface area contributed by atoms with Crippen molar-refractivity contribution >= 4 is 40.6 Å². The average molecular weight is 370 g/mol. The first-order valence-electron chi connectivity index (χ1n) is 7.21. The van der Waals surface area contributed by atoms with Gasteiger partial charge in [0.2, 0.25) is 5.91 Å².